The summed E-state index contributed by atoms with van der Waals surface area (Å²) in [6, 6.07) is 50.6. The van der Waals surface area contributed by atoms with Gasteiger partial charge in [-0.15, -0.1) is 0 Å². The predicted octanol–water partition coefficient (Wildman–Crippen LogP) is 10.1. The van der Waals surface area contributed by atoms with Crippen molar-refractivity contribution >= 4 is 56.4 Å². The van der Waals surface area contributed by atoms with Crippen molar-refractivity contribution in [1.29, 1.82) is 0 Å². The first-order valence-corrected chi connectivity index (χ1v) is 14.2. The van der Waals surface area contributed by atoms with Crippen molar-refractivity contribution < 1.29 is 0 Å². The zero-order valence-corrected chi connectivity index (χ0v) is 22.4. The van der Waals surface area contributed by atoms with Gasteiger partial charge in [-0.3, -0.25) is 0 Å². The van der Waals surface area contributed by atoms with Crippen LogP contribution in [0.2, 0.25) is 0 Å². The molecule has 0 fully saturated rings. The summed E-state index contributed by atoms with van der Waals surface area (Å²) in [7, 11) is 6.60. The van der Waals surface area contributed by atoms with Gasteiger partial charge in [0, 0.05) is 0 Å². The van der Waals surface area contributed by atoms with E-state index in [0.717, 1.165) is 10.8 Å². The van der Waals surface area contributed by atoms with Crippen LogP contribution in [0.5, 0.6) is 0 Å². The molecule has 1 aliphatic carbocycles. The molecule has 8 aromatic rings. The van der Waals surface area contributed by atoms with Crippen LogP contribution in [0.15, 0.2) is 140 Å². The molecule has 8 aromatic carbocycles. The molecule has 9 rings (SSSR count). The summed E-state index contributed by atoms with van der Waals surface area (Å²) >= 11 is 0. The van der Waals surface area contributed by atoms with Crippen LogP contribution in [0.25, 0.3) is 87.6 Å². The highest BCUT2D eigenvalue weighted by Crippen LogP contribution is 2.59. The Morgan fingerprint density at radius 2 is 0.732 bits per heavy atom. The van der Waals surface area contributed by atoms with E-state index in [-0.39, 0.29) is 0 Å². The van der Waals surface area contributed by atoms with Gasteiger partial charge in [0.1, 0.15) is 7.85 Å². The second-order valence-corrected chi connectivity index (χ2v) is 11.0. The average molecular weight is 514 g/mol. The molecule has 1 heteroatoms. The molecule has 1 aliphatic rings. The van der Waals surface area contributed by atoms with Crippen molar-refractivity contribution in [1.82, 2.24) is 0 Å². The number of hydrogen-bond acceptors (Lipinski definition) is 0. The van der Waals surface area contributed by atoms with E-state index in [4.69, 9.17) is 7.85 Å². The molecule has 0 saturated heterocycles. The monoisotopic (exact) mass is 514 g/mol. The Balaban J connectivity index is 1.68. The fourth-order valence-electron chi connectivity index (χ4n) is 7.33. The van der Waals surface area contributed by atoms with Crippen LogP contribution < -0.4 is 5.46 Å². The zero-order chi connectivity index (χ0) is 27.1. The van der Waals surface area contributed by atoms with Crippen LogP contribution in [-0.2, 0) is 0 Å². The van der Waals surface area contributed by atoms with Gasteiger partial charge >= 0.3 is 0 Å². The lowest BCUT2D eigenvalue weighted by Crippen LogP contribution is -2.02. The number of benzene rings is 8. The molecule has 0 heterocycles. The van der Waals surface area contributed by atoms with Gasteiger partial charge in [0.05, 0.1) is 0 Å². The highest BCUT2D eigenvalue weighted by Gasteiger charge is 2.32. The van der Waals surface area contributed by atoms with Crippen molar-refractivity contribution in [3.05, 3.63) is 140 Å². The third-order valence-electron chi connectivity index (χ3n) is 8.92. The fourth-order valence-corrected chi connectivity index (χ4v) is 7.33. The first kappa shape index (κ1) is 22.7. The van der Waals surface area contributed by atoms with E-state index in [1.165, 1.54) is 82.2 Å². The largest absolute Gasteiger partial charge is 0.114 e. The van der Waals surface area contributed by atoms with Gasteiger partial charge in [-0.2, -0.15) is 0 Å². The highest BCUT2D eigenvalue weighted by molar-refractivity contribution is 6.43. The quantitative estimate of drug-likeness (QED) is 0.159. The van der Waals surface area contributed by atoms with E-state index < -0.39 is 0 Å². The Morgan fingerprint density at radius 3 is 1.27 bits per heavy atom. The maximum atomic E-state index is 6.60. The van der Waals surface area contributed by atoms with E-state index in [0.29, 0.717) is 0 Å². The van der Waals surface area contributed by atoms with Crippen LogP contribution in [0.4, 0.5) is 0 Å². The molecule has 0 N–H and O–H groups in total. The van der Waals surface area contributed by atoms with Crippen molar-refractivity contribution in [2.24, 2.45) is 0 Å². The SMILES string of the molecule is [B]c1ccc2c3c(cccc13)-c1c-2c(-c2ccccc2)c2c3ccccc3c3ccccc3c2c1-c1ccccc1. The Labute approximate surface area is 239 Å². The van der Waals surface area contributed by atoms with Crippen LogP contribution in [0.3, 0.4) is 0 Å². The van der Waals surface area contributed by atoms with Crippen molar-refractivity contribution in [3.63, 3.8) is 0 Å². The molecule has 186 valence electrons. The summed E-state index contributed by atoms with van der Waals surface area (Å²) < 4.78 is 0. The molecule has 0 bridgehead atoms. The molecule has 0 aromatic heterocycles. The van der Waals surface area contributed by atoms with Crippen LogP contribution in [0.1, 0.15) is 0 Å². The number of fused-ring (bicyclic) bond motifs is 9. The molecule has 2 radical (unpaired) electrons. The smallest absolute Gasteiger partial charge is 0.0889 e. The number of rotatable bonds is 2. The van der Waals surface area contributed by atoms with Crippen LogP contribution >= 0.6 is 0 Å². The van der Waals surface area contributed by atoms with E-state index >= 15 is 0 Å². The lowest BCUT2D eigenvalue weighted by Gasteiger charge is -2.23. The second kappa shape index (κ2) is 8.43. The summed E-state index contributed by atoms with van der Waals surface area (Å²) in [5.41, 5.74) is 11.0. The molecule has 41 heavy (non-hydrogen) atoms. The second-order valence-electron chi connectivity index (χ2n) is 11.0. The molecule has 0 aliphatic heterocycles. The van der Waals surface area contributed by atoms with Gasteiger partial charge in [-0.1, -0.05) is 145 Å². The Bertz CT molecular complexity index is 2220. The molecule has 0 saturated carbocycles. The fraction of sp³-hybridized carbons (Fsp3) is 0. The van der Waals surface area contributed by atoms with Crippen molar-refractivity contribution in [2.45, 2.75) is 0 Å². The van der Waals surface area contributed by atoms with Gasteiger partial charge in [-0.05, 0) is 87.6 Å². The van der Waals surface area contributed by atoms with Gasteiger partial charge in [-0.25, -0.2) is 0 Å². The summed E-state index contributed by atoms with van der Waals surface area (Å²) in [6.07, 6.45) is 0. The molecule has 0 spiro atoms. The topological polar surface area (TPSA) is 0 Å². The molecule has 0 amide bonds. The van der Waals surface area contributed by atoms with Crippen molar-refractivity contribution in [2.75, 3.05) is 0 Å². The first-order valence-electron chi connectivity index (χ1n) is 14.2. The van der Waals surface area contributed by atoms with Gasteiger partial charge in [0.2, 0.25) is 0 Å². The minimum Gasteiger partial charge on any atom is -0.0889 e. The third-order valence-corrected chi connectivity index (χ3v) is 8.92. The van der Waals surface area contributed by atoms with E-state index in [1.54, 1.807) is 0 Å². The summed E-state index contributed by atoms with van der Waals surface area (Å²) in [4.78, 5) is 0. The average Bonchev–Trinajstić information content (AvgIpc) is 3.37. The molecule has 0 atom stereocenters. The van der Waals surface area contributed by atoms with E-state index in [2.05, 4.69) is 140 Å². The van der Waals surface area contributed by atoms with Crippen LogP contribution in [0, 0.1) is 0 Å². The van der Waals surface area contributed by atoms with Gasteiger partial charge in [0.15, 0.2) is 0 Å². The zero-order valence-electron chi connectivity index (χ0n) is 22.4. The minimum absolute atomic E-state index is 0.821. The number of hydrogen-bond donors (Lipinski definition) is 0. The van der Waals surface area contributed by atoms with E-state index in [1.807, 2.05) is 0 Å². The predicted molar refractivity (Wildman–Crippen MR) is 177 cm³/mol. The third kappa shape index (κ3) is 3.01. The standard InChI is InChI=1S/C40H23B/c41-33-23-22-32-36-30(33)20-11-21-31(36)39-34(24-12-3-1-4-13-24)37-28-18-9-7-16-26(28)27-17-8-10-19-29(27)38(37)35(40(32)39)25-14-5-2-6-15-25/h1-23H. The normalized spacial score (nSPS) is 12.0. The maximum absolute atomic E-state index is 6.60. The van der Waals surface area contributed by atoms with Gasteiger partial charge < -0.3 is 0 Å². The van der Waals surface area contributed by atoms with Crippen LogP contribution in [-0.4, -0.2) is 7.85 Å². The summed E-state index contributed by atoms with van der Waals surface area (Å²) in [6.45, 7) is 0. The Hall–Kier alpha value is -5.14. The molecular weight excluding hydrogens is 491 g/mol. The molecule has 0 nitrogen and oxygen atoms in total. The molecule has 0 unspecified atom stereocenters. The lowest BCUT2D eigenvalue weighted by atomic mass is 9.79. The first-order chi connectivity index (χ1) is 20.3. The molecular formula is C40H23B. The summed E-state index contributed by atoms with van der Waals surface area (Å²) in [5, 5.41) is 10.1. The highest BCUT2D eigenvalue weighted by atomic mass is 14.3. The maximum Gasteiger partial charge on any atom is 0.114 e. The minimum atomic E-state index is 0.821. The Kier molecular flexibility index (Phi) is 4.66. The summed E-state index contributed by atoms with van der Waals surface area (Å²) in [5.74, 6) is 0. The Morgan fingerprint density at radius 1 is 0.293 bits per heavy atom. The lowest BCUT2D eigenvalue weighted by molar-refractivity contribution is 1.63. The van der Waals surface area contributed by atoms with Gasteiger partial charge in [0.25, 0.3) is 0 Å². The van der Waals surface area contributed by atoms with E-state index in [9.17, 15) is 0 Å². The van der Waals surface area contributed by atoms with Crippen molar-refractivity contribution in [3.8, 4) is 44.5 Å².